The lowest BCUT2D eigenvalue weighted by Crippen LogP contribution is -2.03. The van der Waals surface area contributed by atoms with Crippen LogP contribution in [0.2, 0.25) is 0 Å². The second kappa shape index (κ2) is 20.8. The fraction of sp³-hybridized carbons (Fsp3) is 0.864. The van der Waals surface area contributed by atoms with Gasteiger partial charge in [-0.25, -0.2) is 4.79 Å². The first-order chi connectivity index (χ1) is 12.7. The van der Waals surface area contributed by atoms with E-state index in [9.17, 15) is 4.79 Å². The van der Waals surface area contributed by atoms with E-state index in [-0.39, 0.29) is 5.97 Å². The molecule has 2 radical (unpaired) electrons. The summed E-state index contributed by atoms with van der Waals surface area (Å²) in [5.74, 6) is 0.234. The monoisotopic (exact) mass is 380 g/mol. The largest absolute Gasteiger partial charge is 0.657 e. The van der Waals surface area contributed by atoms with Gasteiger partial charge in [-0.2, -0.15) is 0 Å². The fourth-order valence-corrected chi connectivity index (χ4v) is 3.13. The predicted octanol–water partition coefficient (Wildman–Crippen LogP) is 6.80. The molecule has 0 rings (SSSR count). The number of hydrogen-bond donors (Lipinski definition) is 0. The van der Waals surface area contributed by atoms with Crippen LogP contribution >= 0.6 is 0 Å². The van der Waals surface area contributed by atoms with Crippen molar-refractivity contribution in [3.05, 3.63) is 11.8 Å². The highest BCUT2D eigenvalue weighted by Crippen LogP contribution is 2.13. The van der Waals surface area contributed by atoms with Crippen molar-refractivity contribution >= 4 is 22.6 Å². The SMILES string of the molecule is CCCCCCCCCCCCCCCCCCOC(=O)/C=C(/C)[O][Al]. The molecule has 0 saturated heterocycles. The zero-order chi connectivity index (χ0) is 19.3. The molecular formula is C22H41AlO3. The van der Waals surface area contributed by atoms with E-state index in [1.807, 2.05) is 0 Å². The van der Waals surface area contributed by atoms with Gasteiger partial charge in [-0.05, 0) is 13.3 Å². The Morgan fingerprint density at radius 3 is 1.50 bits per heavy atom. The van der Waals surface area contributed by atoms with Gasteiger partial charge >= 0.3 is 22.6 Å². The van der Waals surface area contributed by atoms with Crippen molar-refractivity contribution in [3.63, 3.8) is 0 Å². The second-order valence-electron chi connectivity index (χ2n) is 7.34. The highest BCUT2D eigenvalue weighted by Gasteiger charge is 1.99. The summed E-state index contributed by atoms with van der Waals surface area (Å²) in [6, 6.07) is 0. The maximum absolute atomic E-state index is 11.4. The summed E-state index contributed by atoms with van der Waals surface area (Å²) in [5.41, 5.74) is 0. The van der Waals surface area contributed by atoms with E-state index in [1.165, 1.54) is 96.0 Å². The van der Waals surface area contributed by atoms with Crippen molar-refractivity contribution < 1.29 is 13.3 Å². The number of ether oxygens (including phenoxy) is 1. The van der Waals surface area contributed by atoms with Gasteiger partial charge in [0, 0.05) is 0 Å². The number of carbonyl (C=O) groups excluding carboxylic acids is 1. The summed E-state index contributed by atoms with van der Waals surface area (Å²) >= 11 is 2.12. The van der Waals surface area contributed by atoms with Crippen molar-refractivity contribution in [2.24, 2.45) is 0 Å². The van der Waals surface area contributed by atoms with E-state index in [0.717, 1.165) is 12.8 Å². The highest BCUT2D eigenvalue weighted by molar-refractivity contribution is 5.99. The van der Waals surface area contributed by atoms with Crippen LogP contribution in [0.15, 0.2) is 11.8 Å². The van der Waals surface area contributed by atoms with Crippen molar-refractivity contribution in [2.45, 2.75) is 117 Å². The lowest BCUT2D eigenvalue weighted by atomic mass is 10.0. The quantitative estimate of drug-likeness (QED) is 0.0813. The van der Waals surface area contributed by atoms with Crippen molar-refractivity contribution in [1.82, 2.24) is 0 Å². The molecule has 0 spiro atoms. The predicted molar refractivity (Wildman–Crippen MR) is 111 cm³/mol. The number of allylic oxidation sites excluding steroid dienone is 1. The van der Waals surface area contributed by atoms with Crippen molar-refractivity contribution in [2.75, 3.05) is 6.61 Å². The van der Waals surface area contributed by atoms with Crippen LogP contribution in [-0.4, -0.2) is 29.2 Å². The summed E-state index contributed by atoms with van der Waals surface area (Å²) < 4.78 is 9.96. The summed E-state index contributed by atoms with van der Waals surface area (Å²) in [6.07, 6.45) is 23.0. The van der Waals surface area contributed by atoms with Gasteiger partial charge in [0.05, 0.1) is 18.4 Å². The molecule has 0 bridgehead atoms. The van der Waals surface area contributed by atoms with Gasteiger partial charge in [0.25, 0.3) is 0 Å². The topological polar surface area (TPSA) is 35.5 Å². The van der Waals surface area contributed by atoms with Gasteiger partial charge < -0.3 is 8.53 Å². The second-order valence-corrected chi connectivity index (χ2v) is 7.58. The van der Waals surface area contributed by atoms with Crippen LogP contribution in [0.3, 0.4) is 0 Å². The first kappa shape index (κ1) is 25.5. The summed E-state index contributed by atoms with van der Waals surface area (Å²) in [6.45, 7) is 4.51. The Bertz CT molecular complexity index is 342. The number of unbranched alkanes of at least 4 members (excludes halogenated alkanes) is 15. The molecular weight excluding hydrogens is 339 g/mol. The Labute approximate surface area is 171 Å². The van der Waals surface area contributed by atoms with Crippen LogP contribution in [0.4, 0.5) is 0 Å². The van der Waals surface area contributed by atoms with E-state index in [2.05, 4.69) is 23.5 Å². The zero-order valence-corrected chi connectivity index (χ0v) is 18.6. The molecule has 0 saturated carbocycles. The minimum Gasteiger partial charge on any atom is -0.657 e. The molecule has 3 nitrogen and oxygen atoms in total. The van der Waals surface area contributed by atoms with Gasteiger partial charge in [-0.15, -0.1) is 0 Å². The van der Waals surface area contributed by atoms with Crippen LogP contribution in [0.1, 0.15) is 117 Å². The molecule has 0 atom stereocenters. The lowest BCUT2D eigenvalue weighted by molar-refractivity contribution is -0.138. The van der Waals surface area contributed by atoms with Gasteiger partial charge in [0.2, 0.25) is 0 Å². The fourth-order valence-electron chi connectivity index (χ4n) is 3.06. The van der Waals surface area contributed by atoms with Crippen LogP contribution in [0, 0.1) is 0 Å². The van der Waals surface area contributed by atoms with Crippen LogP contribution < -0.4 is 0 Å². The zero-order valence-electron chi connectivity index (χ0n) is 17.4. The molecule has 0 aromatic rings. The molecule has 0 aliphatic heterocycles. The Balaban J connectivity index is 3.15. The maximum Gasteiger partial charge on any atom is 0.481 e. The molecule has 0 aliphatic rings. The molecule has 4 heteroatoms. The molecule has 26 heavy (non-hydrogen) atoms. The molecule has 0 fully saturated rings. The summed E-state index contributed by atoms with van der Waals surface area (Å²) in [7, 11) is 0. The molecule has 0 N–H and O–H groups in total. The van der Waals surface area contributed by atoms with Gasteiger partial charge in [0.15, 0.2) is 0 Å². The summed E-state index contributed by atoms with van der Waals surface area (Å²) in [4.78, 5) is 11.4. The van der Waals surface area contributed by atoms with Crippen LogP contribution in [0.25, 0.3) is 0 Å². The average Bonchev–Trinajstić information content (AvgIpc) is 2.64. The molecule has 0 unspecified atom stereocenters. The van der Waals surface area contributed by atoms with E-state index < -0.39 is 0 Å². The van der Waals surface area contributed by atoms with E-state index in [0.29, 0.717) is 12.4 Å². The summed E-state index contributed by atoms with van der Waals surface area (Å²) in [5, 5.41) is 0. The molecule has 0 aliphatic carbocycles. The highest BCUT2D eigenvalue weighted by atomic mass is 27.1. The third kappa shape index (κ3) is 19.9. The average molecular weight is 381 g/mol. The van der Waals surface area contributed by atoms with Gasteiger partial charge in [-0.1, -0.05) is 103 Å². The third-order valence-electron chi connectivity index (χ3n) is 4.75. The smallest absolute Gasteiger partial charge is 0.481 e. The maximum atomic E-state index is 11.4. The van der Waals surface area contributed by atoms with E-state index in [4.69, 9.17) is 8.53 Å². The van der Waals surface area contributed by atoms with E-state index in [1.54, 1.807) is 6.92 Å². The molecule has 150 valence electrons. The minimum atomic E-state index is -0.314. The number of hydrogen-bond acceptors (Lipinski definition) is 3. The Kier molecular flexibility index (Phi) is 20.5. The molecule has 0 amide bonds. The Morgan fingerprint density at radius 2 is 1.12 bits per heavy atom. The first-order valence-electron chi connectivity index (χ1n) is 10.9. The number of esters is 1. The molecule has 0 heterocycles. The molecule has 0 aromatic carbocycles. The van der Waals surface area contributed by atoms with Gasteiger partial charge in [0.1, 0.15) is 0 Å². The Hall–Kier alpha value is -0.458. The third-order valence-corrected chi connectivity index (χ3v) is 5.12. The number of carbonyl (C=O) groups is 1. The van der Waals surface area contributed by atoms with Gasteiger partial charge in [-0.3, -0.25) is 0 Å². The number of rotatable bonds is 19. The Morgan fingerprint density at radius 1 is 0.731 bits per heavy atom. The molecule has 0 aromatic heterocycles. The lowest BCUT2D eigenvalue weighted by Gasteiger charge is -2.05. The van der Waals surface area contributed by atoms with E-state index >= 15 is 0 Å². The minimum absolute atomic E-state index is 0.314. The normalized spacial score (nSPS) is 11.5. The standard InChI is InChI=1S/C22H42O3.Al/c1-3-4-5-6-7-8-9-10-11-12-13-14-15-16-17-18-19-25-22(24)20-21(2)23;/h20,23H,3-19H2,1-2H3;/q;+1/p-1/b21-20-;. The van der Waals surface area contributed by atoms with Crippen LogP contribution in [0.5, 0.6) is 0 Å². The first-order valence-corrected chi connectivity index (χ1v) is 11.4. The van der Waals surface area contributed by atoms with Crippen LogP contribution in [-0.2, 0) is 13.3 Å². The van der Waals surface area contributed by atoms with Crippen molar-refractivity contribution in [1.29, 1.82) is 0 Å². The van der Waals surface area contributed by atoms with Crippen molar-refractivity contribution in [3.8, 4) is 0 Å².